The van der Waals surface area contributed by atoms with Gasteiger partial charge in [-0.2, -0.15) is 0 Å². The van der Waals surface area contributed by atoms with Crippen molar-refractivity contribution in [1.29, 1.82) is 0 Å². The van der Waals surface area contributed by atoms with Crippen LogP contribution in [0, 0.1) is 5.92 Å². The Balaban J connectivity index is 1.58. The highest BCUT2D eigenvalue weighted by Crippen LogP contribution is 2.32. The van der Waals surface area contributed by atoms with Crippen LogP contribution < -0.4 is 14.8 Å². The summed E-state index contributed by atoms with van der Waals surface area (Å²) in [5.41, 5.74) is 1.09. The molecule has 2 heterocycles. The molecule has 0 radical (unpaired) electrons. The first-order valence-electron chi connectivity index (χ1n) is 6.63. The molecule has 1 aromatic carbocycles. The van der Waals surface area contributed by atoms with E-state index in [2.05, 4.69) is 5.32 Å². The number of hydrogen-bond acceptors (Lipinski definition) is 4. The summed E-state index contributed by atoms with van der Waals surface area (Å²) in [6, 6.07) is 6.02. The van der Waals surface area contributed by atoms with Crippen LogP contribution in [0.25, 0.3) is 0 Å². The molecule has 0 spiro atoms. The number of rotatable bonds is 3. The van der Waals surface area contributed by atoms with Crippen molar-refractivity contribution >= 4 is 5.69 Å². The molecule has 0 bridgehead atoms. The monoisotopic (exact) mass is 249 g/mol. The molecule has 98 valence electrons. The first-order valence-corrected chi connectivity index (χ1v) is 6.63. The minimum absolute atomic E-state index is 0.618. The highest BCUT2D eigenvalue weighted by molar-refractivity contribution is 5.55. The van der Waals surface area contributed by atoms with Gasteiger partial charge in [-0.05, 0) is 30.9 Å². The Morgan fingerprint density at radius 1 is 1.11 bits per heavy atom. The molecule has 4 nitrogen and oxygen atoms in total. The van der Waals surface area contributed by atoms with Gasteiger partial charge in [0.1, 0.15) is 13.2 Å². The zero-order chi connectivity index (χ0) is 12.2. The van der Waals surface area contributed by atoms with E-state index in [-0.39, 0.29) is 0 Å². The zero-order valence-corrected chi connectivity index (χ0v) is 10.5. The Morgan fingerprint density at radius 2 is 2.00 bits per heavy atom. The van der Waals surface area contributed by atoms with Gasteiger partial charge in [0, 0.05) is 24.9 Å². The lowest BCUT2D eigenvalue weighted by molar-refractivity contribution is 0.0595. The van der Waals surface area contributed by atoms with E-state index in [4.69, 9.17) is 14.2 Å². The van der Waals surface area contributed by atoms with Crippen LogP contribution in [0.3, 0.4) is 0 Å². The largest absolute Gasteiger partial charge is 0.486 e. The molecule has 3 rings (SSSR count). The van der Waals surface area contributed by atoms with Crippen LogP contribution in [-0.2, 0) is 4.74 Å². The van der Waals surface area contributed by atoms with E-state index in [9.17, 15) is 0 Å². The van der Waals surface area contributed by atoms with E-state index in [0.717, 1.165) is 36.9 Å². The Morgan fingerprint density at radius 3 is 2.83 bits per heavy atom. The fraction of sp³-hybridized carbons (Fsp3) is 0.571. The first kappa shape index (κ1) is 11.7. The summed E-state index contributed by atoms with van der Waals surface area (Å²) in [6.45, 7) is 4.02. The lowest BCUT2D eigenvalue weighted by atomic mass is 10.0. The Hall–Kier alpha value is -1.42. The third kappa shape index (κ3) is 2.70. The van der Waals surface area contributed by atoms with E-state index < -0.39 is 0 Å². The summed E-state index contributed by atoms with van der Waals surface area (Å²) >= 11 is 0. The SMILES string of the molecule is c1cc2c(cc1NCC1CCCOC1)OCCO2. The zero-order valence-electron chi connectivity index (χ0n) is 10.5. The predicted molar refractivity (Wildman–Crippen MR) is 69.5 cm³/mol. The van der Waals surface area contributed by atoms with E-state index in [0.29, 0.717) is 19.1 Å². The molecule has 0 amide bonds. The summed E-state index contributed by atoms with van der Waals surface area (Å²) in [7, 11) is 0. The molecule has 2 aliphatic rings. The smallest absolute Gasteiger partial charge is 0.163 e. The minimum atomic E-state index is 0.618. The number of anilines is 1. The third-order valence-electron chi connectivity index (χ3n) is 3.39. The minimum Gasteiger partial charge on any atom is -0.486 e. The van der Waals surface area contributed by atoms with Crippen LogP contribution in [0.5, 0.6) is 11.5 Å². The van der Waals surface area contributed by atoms with Crippen molar-refractivity contribution in [2.24, 2.45) is 5.92 Å². The summed E-state index contributed by atoms with van der Waals surface area (Å²) < 4.78 is 16.5. The van der Waals surface area contributed by atoms with Gasteiger partial charge < -0.3 is 19.5 Å². The van der Waals surface area contributed by atoms with Gasteiger partial charge in [0.05, 0.1) is 6.61 Å². The van der Waals surface area contributed by atoms with Gasteiger partial charge in [-0.3, -0.25) is 0 Å². The summed E-state index contributed by atoms with van der Waals surface area (Å²) in [5, 5.41) is 3.45. The van der Waals surface area contributed by atoms with Gasteiger partial charge in [0.2, 0.25) is 0 Å². The fourth-order valence-corrected chi connectivity index (χ4v) is 2.38. The maximum absolute atomic E-state index is 5.57. The van der Waals surface area contributed by atoms with Crippen molar-refractivity contribution in [2.75, 3.05) is 38.3 Å². The maximum Gasteiger partial charge on any atom is 0.163 e. The molecule has 4 heteroatoms. The van der Waals surface area contributed by atoms with Gasteiger partial charge >= 0.3 is 0 Å². The average Bonchev–Trinajstić information content (AvgIpc) is 2.46. The lowest BCUT2D eigenvalue weighted by Gasteiger charge is -2.23. The number of benzene rings is 1. The van der Waals surface area contributed by atoms with Gasteiger partial charge in [0.25, 0.3) is 0 Å². The number of fused-ring (bicyclic) bond motifs is 1. The molecular weight excluding hydrogens is 230 g/mol. The Labute approximate surface area is 107 Å². The maximum atomic E-state index is 5.57. The second-order valence-electron chi connectivity index (χ2n) is 4.82. The molecule has 1 N–H and O–H groups in total. The van der Waals surface area contributed by atoms with Crippen molar-refractivity contribution in [3.05, 3.63) is 18.2 Å². The van der Waals surface area contributed by atoms with Crippen molar-refractivity contribution in [3.8, 4) is 11.5 Å². The lowest BCUT2D eigenvalue weighted by Crippen LogP contribution is -2.24. The summed E-state index contributed by atoms with van der Waals surface area (Å²) in [4.78, 5) is 0. The first-order chi connectivity index (χ1) is 8.92. The molecule has 18 heavy (non-hydrogen) atoms. The standard InChI is InChI=1S/C14H19NO3/c1-2-11(10-16-5-1)9-15-12-3-4-13-14(8-12)18-7-6-17-13/h3-4,8,11,15H,1-2,5-7,9-10H2. The van der Waals surface area contributed by atoms with Crippen LogP contribution in [0.2, 0.25) is 0 Å². The van der Waals surface area contributed by atoms with Gasteiger partial charge in [-0.1, -0.05) is 0 Å². The molecule has 1 fully saturated rings. The van der Waals surface area contributed by atoms with Crippen molar-refractivity contribution in [2.45, 2.75) is 12.8 Å². The highest BCUT2D eigenvalue weighted by atomic mass is 16.6. The topological polar surface area (TPSA) is 39.7 Å². The van der Waals surface area contributed by atoms with Crippen molar-refractivity contribution in [1.82, 2.24) is 0 Å². The van der Waals surface area contributed by atoms with Crippen LogP contribution >= 0.6 is 0 Å². The molecule has 0 aromatic heterocycles. The predicted octanol–water partition coefficient (Wildman–Crippen LogP) is 2.30. The second kappa shape index (κ2) is 5.48. The molecule has 1 aromatic rings. The molecule has 0 aliphatic carbocycles. The third-order valence-corrected chi connectivity index (χ3v) is 3.39. The molecule has 1 saturated heterocycles. The van der Waals surface area contributed by atoms with E-state index in [1.165, 1.54) is 12.8 Å². The number of nitrogens with one attached hydrogen (secondary N) is 1. The highest BCUT2D eigenvalue weighted by Gasteiger charge is 2.15. The van der Waals surface area contributed by atoms with E-state index in [1.807, 2.05) is 18.2 Å². The van der Waals surface area contributed by atoms with Crippen LogP contribution in [0.15, 0.2) is 18.2 Å². The van der Waals surface area contributed by atoms with Crippen molar-refractivity contribution in [3.63, 3.8) is 0 Å². The van der Waals surface area contributed by atoms with Crippen LogP contribution in [0.1, 0.15) is 12.8 Å². The molecule has 2 aliphatic heterocycles. The average molecular weight is 249 g/mol. The molecule has 1 unspecified atom stereocenters. The van der Waals surface area contributed by atoms with Gasteiger partial charge in [-0.25, -0.2) is 0 Å². The quantitative estimate of drug-likeness (QED) is 0.892. The van der Waals surface area contributed by atoms with Gasteiger partial charge in [0.15, 0.2) is 11.5 Å². The Kier molecular flexibility index (Phi) is 3.55. The normalized spacial score (nSPS) is 22.6. The molecule has 0 saturated carbocycles. The fourth-order valence-electron chi connectivity index (χ4n) is 2.38. The van der Waals surface area contributed by atoms with Crippen LogP contribution in [-0.4, -0.2) is 33.0 Å². The second-order valence-corrected chi connectivity index (χ2v) is 4.82. The molecule has 1 atom stereocenters. The number of ether oxygens (including phenoxy) is 3. The summed E-state index contributed by atoms with van der Waals surface area (Å²) in [5.74, 6) is 2.30. The van der Waals surface area contributed by atoms with Crippen LogP contribution in [0.4, 0.5) is 5.69 Å². The molecular formula is C14H19NO3. The number of hydrogen-bond donors (Lipinski definition) is 1. The summed E-state index contributed by atoms with van der Waals surface area (Å²) in [6.07, 6.45) is 2.42. The van der Waals surface area contributed by atoms with E-state index in [1.54, 1.807) is 0 Å². The van der Waals surface area contributed by atoms with E-state index >= 15 is 0 Å². The van der Waals surface area contributed by atoms with Crippen molar-refractivity contribution < 1.29 is 14.2 Å². The van der Waals surface area contributed by atoms with Gasteiger partial charge in [-0.15, -0.1) is 0 Å². The Bertz CT molecular complexity index is 402.